The highest BCUT2D eigenvalue weighted by Gasteiger charge is 1.94. The Morgan fingerprint density at radius 1 is 0.579 bits per heavy atom. The van der Waals surface area contributed by atoms with Crippen LogP contribution in [0, 0.1) is 0 Å². The molecule has 0 aliphatic heterocycles. The van der Waals surface area contributed by atoms with E-state index in [1.165, 1.54) is 69.8 Å². The highest BCUT2D eigenvalue weighted by molar-refractivity contribution is 5.14. The lowest BCUT2D eigenvalue weighted by Gasteiger charge is -2.03. The topological polar surface area (TPSA) is 20.2 Å². The number of aliphatic hydroxyl groups is 1. The van der Waals surface area contributed by atoms with E-state index in [-0.39, 0.29) is 0 Å². The van der Waals surface area contributed by atoms with Crippen molar-refractivity contribution in [2.75, 3.05) is 6.61 Å². The second-order valence-corrected chi connectivity index (χ2v) is 5.49. The molecule has 0 radical (unpaired) electrons. The zero-order valence-corrected chi connectivity index (χ0v) is 12.3. The van der Waals surface area contributed by atoms with Gasteiger partial charge in [0.25, 0.3) is 0 Å². The Balaban J connectivity index is 1.79. The van der Waals surface area contributed by atoms with E-state index in [1.807, 2.05) is 0 Å². The molecule has 0 saturated carbocycles. The number of hydrogen-bond donors (Lipinski definition) is 1. The first-order chi connectivity index (χ1) is 9.43. The van der Waals surface area contributed by atoms with E-state index in [9.17, 15) is 0 Å². The third-order valence-electron chi connectivity index (χ3n) is 3.72. The fourth-order valence-corrected chi connectivity index (χ4v) is 2.50. The summed E-state index contributed by atoms with van der Waals surface area (Å²) in [5, 5.41) is 8.67. The molecule has 0 fully saturated rings. The summed E-state index contributed by atoms with van der Waals surface area (Å²) in [7, 11) is 0. The maximum atomic E-state index is 8.67. The molecule has 1 nitrogen and oxygen atoms in total. The van der Waals surface area contributed by atoms with Gasteiger partial charge in [-0.15, -0.1) is 0 Å². The number of aliphatic hydroxyl groups excluding tert-OH is 1. The van der Waals surface area contributed by atoms with Crippen LogP contribution in [-0.4, -0.2) is 11.7 Å². The molecule has 1 aromatic carbocycles. The third-order valence-corrected chi connectivity index (χ3v) is 3.72. The Morgan fingerprint density at radius 2 is 1.05 bits per heavy atom. The molecule has 1 N–H and O–H groups in total. The molecule has 0 aromatic heterocycles. The van der Waals surface area contributed by atoms with Gasteiger partial charge in [0.05, 0.1) is 0 Å². The smallest absolute Gasteiger partial charge is 0.0431 e. The van der Waals surface area contributed by atoms with Crippen molar-refractivity contribution < 1.29 is 5.11 Å². The van der Waals surface area contributed by atoms with Gasteiger partial charge in [0, 0.05) is 6.61 Å². The fourth-order valence-electron chi connectivity index (χ4n) is 2.50. The van der Waals surface area contributed by atoms with E-state index >= 15 is 0 Å². The van der Waals surface area contributed by atoms with Crippen molar-refractivity contribution in [1.82, 2.24) is 0 Å². The first kappa shape index (κ1) is 16.2. The van der Waals surface area contributed by atoms with Crippen LogP contribution in [0.1, 0.15) is 69.8 Å². The van der Waals surface area contributed by atoms with E-state index in [0.29, 0.717) is 6.61 Å². The van der Waals surface area contributed by atoms with Crippen molar-refractivity contribution in [3.63, 3.8) is 0 Å². The average Bonchev–Trinajstić information content (AvgIpc) is 2.46. The molecule has 1 aromatic rings. The number of hydrogen-bond acceptors (Lipinski definition) is 1. The van der Waals surface area contributed by atoms with Gasteiger partial charge >= 0.3 is 0 Å². The predicted molar refractivity (Wildman–Crippen MR) is 83.4 cm³/mol. The van der Waals surface area contributed by atoms with Crippen LogP contribution >= 0.6 is 0 Å². The van der Waals surface area contributed by atoms with Gasteiger partial charge in [-0.05, 0) is 24.8 Å². The summed E-state index contributed by atoms with van der Waals surface area (Å²) in [5.74, 6) is 0. The predicted octanol–water partition coefficient (Wildman–Crippen LogP) is 5.12. The zero-order valence-electron chi connectivity index (χ0n) is 12.3. The average molecular weight is 262 g/mol. The molecule has 19 heavy (non-hydrogen) atoms. The Labute approximate surface area is 119 Å². The Hall–Kier alpha value is -0.820. The van der Waals surface area contributed by atoms with Crippen LogP contribution in [-0.2, 0) is 6.42 Å². The van der Waals surface area contributed by atoms with Crippen molar-refractivity contribution in [3.8, 4) is 0 Å². The number of rotatable bonds is 12. The van der Waals surface area contributed by atoms with E-state index in [0.717, 1.165) is 6.42 Å². The summed E-state index contributed by atoms with van der Waals surface area (Å²) in [4.78, 5) is 0. The molecule has 0 aliphatic carbocycles. The molecule has 1 heteroatoms. The quantitative estimate of drug-likeness (QED) is 0.518. The minimum atomic E-state index is 0.363. The molecule has 0 amide bonds. The van der Waals surface area contributed by atoms with Crippen LogP contribution in [0.15, 0.2) is 30.3 Å². The largest absolute Gasteiger partial charge is 0.396 e. The normalized spacial score (nSPS) is 10.8. The van der Waals surface area contributed by atoms with Gasteiger partial charge in [-0.25, -0.2) is 0 Å². The molecule has 0 atom stereocenters. The first-order valence-corrected chi connectivity index (χ1v) is 8.08. The Bertz CT molecular complexity index is 281. The monoisotopic (exact) mass is 262 g/mol. The number of aryl methyl sites for hydroxylation is 1. The second-order valence-electron chi connectivity index (χ2n) is 5.49. The van der Waals surface area contributed by atoms with Gasteiger partial charge < -0.3 is 5.11 Å². The molecular formula is C18H30O. The maximum Gasteiger partial charge on any atom is 0.0431 e. The molecule has 0 aliphatic rings. The van der Waals surface area contributed by atoms with Crippen LogP contribution in [0.3, 0.4) is 0 Å². The van der Waals surface area contributed by atoms with Crippen LogP contribution in [0.2, 0.25) is 0 Å². The van der Waals surface area contributed by atoms with Crippen molar-refractivity contribution in [2.45, 2.75) is 70.6 Å². The second kappa shape index (κ2) is 12.2. The van der Waals surface area contributed by atoms with Gasteiger partial charge in [0.1, 0.15) is 0 Å². The minimum Gasteiger partial charge on any atom is -0.396 e. The number of unbranched alkanes of at least 4 members (excludes halogenated alkanes) is 9. The van der Waals surface area contributed by atoms with Crippen LogP contribution < -0.4 is 0 Å². The Kier molecular flexibility index (Phi) is 10.4. The third kappa shape index (κ3) is 9.72. The lowest BCUT2D eigenvalue weighted by Crippen LogP contribution is -1.86. The summed E-state index contributed by atoms with van der Waals surface area (Å²) in [6, 6.07) is 10.8. The van der Waals surface area contributed by atoms with E-state index in [1.54, 1.807) is 0 Å². The van der Waals surface area contributed by atoms with Gasteiger partial charge in [-0.2, -0.15) is 0 Å². The van der Waals surface area contributed by atoms with Crippen LogP contribution in [0.4, 0.5) is 0 Å². The summed E-state index contributed by atoms with van der Waals surface area (Å²) in [6.07, 6.45) is 14.3. The van der Waals surface area contributed by atoms with Gasteiger partial charge in [0.15, 0.2) is 0 Å². The maximum absolute atomic E-state index is 8.67. The van der Waals surface area contributed by atoms with Gasteiger partial charge in [-0.3, -0.25) is 0 Å². The molecule has 0 unspecified atom stereocenters. The van der Waals surface area contributed by atoms with Gasteiger partial charge in [-0.1, -0.05) is 81.7 Å². The van der Waals surface area contributed by atoms with Crippen LogP contribution in [0.25, 0.3) is 0 Å². The van der Waals surface area contributed by atoms with E-state index < -0.39 is 0 Å². The lowest BCUT2D eigenvalue weighted by molar-refractivity contribution is 0.282. The molecule has 0 bridgehead atoms. The van der Waals surface area contributed by atoms with Crippen molar-refractivity contribution in [1.29, 1.82) is 0 Å². The Morgan fingerprint density at radius 3 is 1.58 bits per heavy atom. The molecule has 0 heterocycles. The van der Waals surface area contributed by atoms with E-state index in [2.05, 4.69) is 30.3 Å². The van der Waals surface area contributed by atoms with Gasteiger partial charge in [0.2, 0.25) is 0 Å². The lowest BCUT2D eigenvalue weighted by atomic mass is 10.0. The molecule has 0 spiro atoms. The highest BCUT2D eigenvalue weighted by atomic mass is 16.2. The van der Waals surface area contributed by atoms with Crippen LogP contribution in [0.5, 0.6) is 0 Å². The zero-order chi connectivity index (χ0) is 13.6. The van der Waals surface area contributed by atoms with Crippen molar-refractivity contribution in [2.24, 2.45) is 0 Å². The fraction of sp³-hybridized carbons (Fsp3) is 0.667. The summed E-state index contributed by atoms with van der Waals surface area (Å²) in [6.45, 7) is 0.363. The molecule has 1 rings (SSSR count). The standard InChI is InChI=1S/C18H30O/c19-17-13-8-6-4-2-1-3-5-7-10-14-18-15-11-9-12-16-18/h9,11-12,15-16,19H,1-8,10,13-14,17H2. The highest BCUT2D eigenvalue weighted by Crippen LogP contribution is 2.12. The summed E-state index contributed by atoms with van der Waals surface area (Å²) >= 11 is 0. The molecule has 0 saturated heterocycles. The van der Waals surface area contributed by atoms with Crippen molar-refractivity contribution in [3.05, 3.63) is 35.9 Å². The van der Waals surface area contributed by atoms with E-state index in [4.69, 9.17) is 5.11 Å². The summed E-state index contributed by atoms with van der Waals surface area (Å²) in [5.41, 5.74) is 1.48. The first-order valence-electron chi connectivity index (χ1n) is 8.08. The summed E-state index contributed by atoms with van der Waals surface area (Å²) < 4.78 is 0. The molecule has 108 valence electrons. The minimum absolute atomic E-state index is 0.363. The molecular weight excluding hydrogens is 232 g/mol. The van der Waals surface area contributed by atoms with Crippen molar-refractivity contribution >= 4 is 0 Å². The SMILES string of the molecule is OCCCCCCCCCCCCc1ccccc1. The number of benzene rings is 1.